The van der Waals surface area contributed by atoms with E-state index in [1.165, 1.54) is 0 Å². The highest BCUT2D eigenvalue weighted by Gasteiger charge is 2.16. The van der Waals surface area contributed by atoms with Gasteiger partial charge in [-0.2, -0.15) is 0 Å². The van der Waals surface area contributed by atoms with Gasteiger partial charge >= 0.3 is 5.63 Å². The fourth-order valence-corrected chi connectivity index (χ4v) is 3.69. The Bertz CT molecular complexity index is 1280. The Kier molecular flexibility index (Phi) is 5.27. The van der Waals surface area contributed by atoms with E-state index in [4.69, 9.17) is 9.15 Å². The summed E-state index contributed by atoms with van der Waals surface area (Å²) in [5.74, 6) is 0.276. The van der Waals surface area contributed by atoms with Crippen LogP contribution in [0.1, 0.15) is 29.8 Å². The minimum atomic E-state index is -0.637. The Hall–Kier alpha value is -3.60. The van der Waals surface area contributed by atoms with Crippen LogP contribution >= 0.6 is 0 Å². The van der Waals surface area contributed by atoms with Crippen LogP contribution in [-0.4, -0.2) is 26.0 Å². The third-order valence-corrected chi connectivity index (χ3v) is 5.40. The number of fused-ring (bicyclic) bond motifs is 2. The van der Waals surface area contributed by atoms with Gasteiger partial charge in [0.1, 0.15) is 16.9 Å². The van der Waals surface area contributed by atoms with Gasteiger partial charge in [0.15, 0.2) is 5.78 Å². The van der Waals surface area contributed by atoms with Gasteiger partial charge in [-0.1, -0.05) is 6.07 Å². The third-order valence-electron chi connectivity index (χ3n) is 5.40. The van der Waals surface area contributed by atoms with Gasteiger partial charge in [-0.05, 0) is 79.2 Å². The Morgan fingerprint density at radius 2 is 1.63 bits per heavy atom. The summed E-state index contributed by atoms with van der Waals surface area (Å²) in [7, 11) is 1.56. The van der Waals surface area contributed by atoms with Gasteiger partial charge in [-0.15, -0.1) is 0 Å². The zero-order valence-corrected chi connectivity index (χ0v) is 17.3. The SMILES string of the molecule is CCN(CC)c1ccc2cc3cc(C(=O)c4ccc(OC)cc4)c(=O)oc3cc2c1. The summed E-state index contributed by atoms with van der Waals surface area (Å²) >= 11 is 0. The van der Waals surface area contributed by atoms with Crippen LogP contribution < -0.4 is 15.3 Å². The van der Waals surface area contributed by atoms with Crippen molar-refractivity contribution in [2.45, 2.75) is 13.8 Å². The number of ketones is 1. The number of nitrogens with zero attached hydrogens (tertiary/aromatic N) is 1. The lowest BCUT2D eigenvalue weighted by molar-refractivity contribution is 0.103. The van der Waals surface area contributed by atoms with Crippen molar-refractivity contribution in [3.63, 3.8) is 0 Å². The summed E-state index contributed by atoms with van der Waals surface area (Å²) in [6.07, 6.45) is 0. The fraction of sp³-hybridized carbons (Fsp3) is 0.200. The monoisotopic (exact) mass is 401 g/mol. The Labute approximate surface area is 174 Å². The van der Waals surface area contributed by atoms with E-state index in [0.717, 1.165) is 34.9 Å². The summed E-state index contributed by atoms with van der Waals surface area (Å²) < 4.78 is 10.6. The number of carbonyl (C=O) groups is 1. The van der Waals surface area contributed by atoms with E-state index in [1.807, 2.05) is 12.1 Å². The number of ether oxygens (including phenoxy) is 1. The molecule has 0 saturated heterocycles. The van der Waals surface area contributed by atoms with Crippen LogP contribution in [0.15, 0.2) is 69.9 Å². The van der Waals surface area contributed by atoms with Crippen LogP contribution in [0.3, 0.4) is 0 Å². The van der Waals surface area contributed by atoms with E-state index in [2.05, 4.69) is 36.9 Å². The lowest BCUT2D eigenvalue weighted by Crippen LogP contribution is -2.21. The zero-order valence-electron chi connectivity index (χ0n) is 17.3. The highest BCUT2D eigenvalue weighted by Crippen LogP contribution is 2.27. The molecule has 0 fully saturated rings. The molecule has 152 valence electrons. The van der Waals surface area contributed by atoms with Crippen molar-refractivity contribution in [1.29, 1.82) is 0 Å². The van der Waals surface area contributed by atoms with Crippen LogP contribution in [-0.2, 0) is 0 Å². The first-order valence-electron chi connectivity index (χ1n) is 9.99. The minimum Gasteiger partial charge on any atom is -0.497 e. The van der Waals surface area contributed by atoms with E-state index in [-0.39, 0.29) is 11.3 Å². The lowest BCUT2D eigenvalue weighted by Gasteiger charge is -2.21. The molecule has 3 aromatic carbocycles. The summed E-state index contributed by atoms with van der Waals surface area (Å²) in [6, 6.07) is 18.3. The van der Waals surface area contributed by atoms with Gasteiger partial charge < -0.3 is 14.1 Å². The second kappa shape index (κ2) is 8.03. The van der Waals surface area contributed by atoms with E-state index in [9.17, 15) is 9.59 Å². The summed E-state index contributed by atoms with van der Waals surface area (Å²) in [6.45, 7) is 6.08. The largest absolute Gasteiger partial charge is 0.497 e. The first-order chi connectivity index (χ1) is 14.5. The van der Waals surface area contributed by atoms with Crippen molar-refractivity contribution >= 4 is 33.2 Å². The molecule has 5 nitrogen and oxygen atoms in total. The normalized spacial score (nSPS) is 11.0. The summed E-state index contributed by atoms with van der Waals surface area (Å²) in [5, 5.41) is 2.73. The van der Waals surface area contributed by atoms with Crippen molar-refractivity contribution in [2.24, 2.45) is 0 Å². The zero-order chi connectivity index (χ0) is 21.3. The first kappa shape index (κ1) is 19.7. The minimum absolute atomic E-state index is 0.0202. The number of anilines is 1. The van der Waals surface area contributed by atoms with Crippen LogP contribution in [0.2, 0.25) is 0 Å². The van der Waals surface area contributed by atoms with Gasteiger partial charge in [0.2, 0.25) is 0 Å². The van der Waals surface area contributed by atoms with Gasteiger partial charge in [0.05, 0.1) is 7.11 Å². The van der Waals surface area contributed by atoms with Gasteiger partial charge in [-0.25, -0.2) is 4.79 Å². The molecule has 0 aliphatic heterocycles. The molecule has 0 unspecified atom stereocenters. The molecule has 0 bridgehead atoms. The molecule has 4 rings (SSSR count). The number of hydrogen-bond donors (Lipinski definition) is 0. The molecule has 4 aromatic rings. The van der Waals surface area contributed by atoms with Crippen LogP contribution in [0.5, 0.6) is 5.75 Å². The molecule has 0 atom stereocenters. The highest BCUT2D eigenvalue weighted by molar-refractivity contribution is 6.10. The molecule has 5 heteroatoms. The van der Waals surface area contributed by atoms with Crippen LogP contribution in [0.25, 0.3) is 21.7 Å². The van der Waals surface area contributed by atoms with Gasteiger partial charge in [0, 0.05) is 29.7 Å². The number of hydrogen-bond acceptors (Lipinski definition) is 5. The molecule has 0 radical (unpaired) electrons. The van der Waals surface area contributed by atoms with Gasteiger partial charge in [-0.3, -0.25) is 4.79 Å². The molecule has 0 amide bonds. The number of carbonyl (C=O) groups excluding carboxylic acids is 1. The van der Waals surface area contributed by atoms with Crippen molar-refractivity contribution < 1.29 is 13.9 Å². The van der Waals surface area contributed by atoms with E-state index >= 15 is 0 Å². The average Bonchev–Trinajstić information content (AvgIpc) is 2.77. The summed E-state index contributed by atoms with van der Waals surface area (Å²) in [5.41, 5.74) is 1.39. The maximum atomic E-state index is 12.9. The van der Waals surface area contributed by atoms with E-state index < -0.39 is 5.63 Å². The maximum Gasteiger partial charge on any atom is 0.347 e. The molecule has 30 heavy (non-hydrogen) atoms. The van der Waals surface area contributed by atoms with Crippen LogP contribution in [0, 0.1) is 0 Å². The second-order valence-electron chi connectivity index (χ2n) is 7.10. The summed E-state index contributed by atoms with van der Waals surface area (Å²) in [4.78, 5) is 27.7. The Balaban J connectivity index is 1.79. The molecule has 0 aliphatic rings. The predicted molar refractivity (Wildman–Crippen MR) is 120 cm³/mol. The number of benzene rings is 3. The van der Waals surface area contributed by atoms with Crippen molar-refractivity contribution in [2.75, 3.05) is 25.1 Å². The molecule has 0 saturated carbocycles. The smallest absolute Gasteiger partial charge is 0.347 e. The standard InChI is InChI=1S/C25H23NO4/c1-4-26(5-2)20-9-6-17-12-19-14-22(25(28)30-23(19)15-18(17)13-20)24(27)16-7-10-21(29-3)11-8-16/h6-15H,4-5H2,1-3H3. The predicted octanol–water partition coefficient (Wildman–Crippen LogP) is 5.03. The quantitative estimate of drug-likeness (QED) is 0.258. The van der Waals surface area contributed by atoms with Crippen molar-refractivity contribution in [1.82, 2.24) is 0 Å². The van der Waals surface area contributed by atoms with Crippen molar-refractivity contribution in [3.05, 3.63) is 82.2 Å². The topological polar surface area (TPSA) is 59.8 Å². The highest BCUT2D eigenvalue weighted by atomic mass is 16.5. The number of methoxy groups -OCH3 is 1. The molecule has 0 spiro atoms. The lowest BCUT2D eigenvalue weighted by atomic mass is 10.0. The maximum absolute atomic E-state index is 12.9. The number of rotatable bonds is 6. The van der Waals surface area contributed by atoms with E-state index in [0.29, 0.717) is 16.9 Å². The Morgan fingerprint density at radius 3 is 2.30 bits per heavy atom. The second-order valence-corrected chi connectivity index (χ2v) is 7.10. The molecule has 0 N–H and O–H groups in total. The molecular weight excluding hydrogens is 378 g/mol. The average molecular weight is 401 g/mol. The molecule has 1 heterocycles. The first-order valence-corrected chi connectivity index (χ1v) is 9.99. The molecular formula is C25H23NO4. The van der Waals surface area contributed by atoms with Gasteiger partial charge in [0.25, 0.3) is 0 Å². The fourth-order valence-electron chi connectivity index (χ4n) is 3.69. The third kappa shape index (κ3) is 3.54. The molecule has 1 aromatic heterocycles. The van der Waals surface area contributed by atoms with Crippen LogP contribution in [0.4, 0.5) is 5.69 Å². The van der Waals surface area contributed by atoms with E-state index in [1.54, 1.807) is 37.4 Å². The Morgan fingerprint density at radius 1 is 0.900 bits per heavy atom. The molecule has 0 aliphatic carbocycles. The van der Waals surface area contributed by atoms with Crippen molar-refractivity contribution in [3.8, 4) is 5.75 Å².